The maximum Gasteiger partial charge on any atom is 0.278 e. The largest absolute Gasteiger partial charge is 0.493 e. The second kappa shape index (κ2) is 9.12. The number of rotatable bonds is 8. The molecule has 0 saturated carbocycles. The van der Waals surface area contributed by atoms with Gasteiger partial charge >= 0.3 is 0 Å². The van der Waals surface area contributed by atoms with Crippen LogP contribution >= 0.6 is 11.8 Å². The number of ether oxygens (including phenoxy) is 3. The lowest BCUT2D eigenvalue weighted by Gasteiger charge is -2.14. The van der Waals surface area contributed by atoms with Crippen LogP contribution in [0.25, 0.3) is 11.0 Å². The van der Waals surface area contributed by atoms with Crippen molar-refractivity contribution in [1.29, 1.82) is 0 Å². The summed E-state index contributed by atoms with van der Waals surface area (Å²) in [5, 5.41) is 3.30. The Bertz CT molecular complexity index is 1110. The first-order valence-electron chi connectivity index (χ1n) is 9.24. The highest BCUT2D eigenvalue weighted by atomic mass is 32.2. The highest BCUT2D eigenvalue weighted by Gasteiger charge is 2.16. The number of fused-ring (bicyclic) bond motifs is 1. The fourth-order valence-corrected chi connectivity index (χ4v) is 3.94. The van der Waals surface area contributed by atoms with Gasteiger partial charge in [0.05, 0.1) is 32.6 Å². The molecule has 30 heavy (non-hydrogen) atoms. The Labute approximate surface area is 177 Å². The van der Waals surface area contributed by atoms with Gasteiger partial charge in [-0.1, -0.05) is 11.8 Å². The molecule has 1 aromatic carbocycles. The molecular formula is C20H24N4O5S. The van der Waals surface area contributed by atoms with Crippen LogP contribution in [0.1, 0.15) is 12.6 Å². The Morgan fingerprint density at radius 2 is 1.83 bits per heavy atom. The Balaban J connectivity index is 1.79. The van der Waals surface area contributed by atoms with E-state index in [0.29, 0.717) is 45.7 Å². The van der Waals surface area contributed by atoms with Gasteiger partial charge in [-0.2, -0.15) is 0 Å². The molecule has 0 saturated heterocycles. The average Bonchev–Trinajstić information content (AvgIpc) is 3.12. The Kier molecular flexibility index (Phi) is 6.56. The molecule has 3 aromatic rings. The Hall–Kier alpha value is -3.14. The standard InChI is InChI=1S/C20H24N4O5S/c1-6-24-19(26)17-13(7-11(2)21-17)23-20(24)30-10-16(25)22-12-8-14(27-3)18(29-5)15(9-12)28-4/h7-9,21H,6,10H2,1-5H3,(H,22,25). The number of H-pyrrole nitrogens is 1. The molecule has 2 aromatic heterocycles. The molecule has 0 atom stereocenters. The number of anilines is 1. The number of thioether (sulfide) groups is 1. The van der Waals surface area contributed by atoms with Crippen LogP contribution in [0.3, 0.4) is 0 Å². The smallest absolute Gasteiger partial charge is 0.278 e. The summed E-state index contributed by atoms with van der Waals surface area (Å²) in [6.07, 6.45) is 0. The van der Waals surface area contributed by atoms with Crippen molar-refractivity contribution in [2.24, 2.45) is 0 Å². The van der Waals surface area contributed by atoms with Crippen molar-refractivity contribution in [1.82, 2.24) is 14.5 Å². The molecule has 10 heteroatoms. The summed E-state index contributed by atoms with van der Waals surface area (Å²) >= 11 is 1.20. The predicted molar refractivity (Wildman–Crippen MR) is 116 cm³/mol. The summed E-state index contributed by atoms with van der Waals surface area (Å²) in [7, 11) is 4.53. The molecule has 0 aliphatic carbocycles. The lowest BCUT2D eigenvalue weighted by atomic mass is 10.2. The highest BCUT2D eigenvalue weighted by Crippen LogP contribution is 2.40. The van der Waals surface area contributed by atoms with E-state index in [2.05, 4.69) is 15.3 Å². The van der Waals surface area contributed by atoms with Crippen molar-refractivity contribution < 1.29 is 19.0 Å². The van der Waals surface area contributed by atoms with Gasteiger partial charge in [-0.3, -0.25) is 14.2 Å². The van der Waals surface area contributed by atoms with E-state index in [4.69, 9.17) is 14.2 Å². The minimum atomic E-state index is -0.253. The molecule has 2 heterocycles. The first kappa shape index (κ1) is 21.6. The second-order valence-corrected chi connectivity index (χ2v) is 7.35. The van der Waals surface area contributed by atoms with Gasteiger partial charge in [0.1, 0.15) is 5.52 Å². The summed E-state index contributed by atoms with van der Waals surface area (Å²) in [6, 6.07) is 5.12. The number of nitrogens with one attached hydrogen (secondary N) is 2. The number of hydrogen-bond donors (Lipinski definition) is 2. The number of benzene rings is 1. The van der Waals surface area contributed by atoms with E-state index in [9.17, 15) is 9.59 Å². The van der Waals surface area contributed by atoms with Gasteiger partial charge < -0.3 is 24.5 Å². The van der Waals surface area contributed by atoms with Gasteiger partial charge in [-0.05, 0) is 19.9 Å². The van der Waals surface area contributed by atoms with Crippen molar-refractivity contribution in [3.05, 3.63) is 34.2 Å². The molecular weight excluding hydrogens is 408 g/mol. The molecule has 0 radical (unpaired) electrons. The zero-order valence-corrected chi connectivity index (χ0v) is 18.3. The van der Waals surface area contributed by atoms with Crippen LogP contribution in [0.15, 0.2) is 28.2 Å². The number of nitrogens with zero attached hydrogens (tertiary/aromatic N) is 2. The van der Waals surface area contributed by atoms with Gasteiger partial charge in [0.25, 0.3) is 5.56 Å². The minimum Gasteiger partial charge on any atom is -0.493 e. The molecule has 0 fully saturated rings. The summed E-state index contributed by atoms with van der Waals surface area (Å²) in [5.74, 6) is 1.15. The normalized spacial score (nSPS) is 10.8. The van der Waals surface area contributed by atoms with Gasteiger partial charge in [-0.15, -0.1) is 0 Å². The van der Waals surface area contributed by atoms with Gasteiger partial charge in [-0.25, -0.2) is 4.98 Å². The summed E-state index contributed by atoms with van der Waals surface area (Å²) in [5.41, 5.74) is 2.28. The van der Waals surface area contributed by atoms with E-state index < -0.39 is 0 Å². The summed E-state index contributed by atoms with van der Waals surface area (Å²) < 4.78 is 17.4. The van der Waals surface area contributed by atoms with Crippen LogP contribution < -0.4 is 25.1 Å². The van der Waals surface area contributed by atoms with Crippen LogP contribution in [-0.4, -0.2) is 47.5 Å². The first-order valence-corrected chi connectivity index (χ1v) is 10.2. The Morgan fingerprint density at radius 3 is 2.40 bits per heavy atom. The predicted octanol–water partition coefficient (Wildman–Crippen LogP) is 2.81. The molecule has 2 N–H and O–H groups in total. The van der Waals surface area contributed by atoms with Crippen LogP contribution in [0, 0.1) is 6.92 Å². The monoisotopic (exact) mass is 432 g/mol. The van der Waals surface area contributed by atoms with Crippen molar-refractivity contribution in [3.63, 3.8) is 0 Å². The third-order valence-corrected chi connectivity index (χ3v) is 5.41. The second-order valence-electron chi connectivity index (χ2n) is 6.41. The fourth-order valence-electron chi connectivity index (χ4n) is 3.08. The van der Waals surface area contributed by atoms with Gasteiger partial charge in [0.15, 0.2) is 16.7 Å². The minimum absolute atomic E-state index is 0.0814. The van der Waals surface area contributed by atoms with Crippen LogP contribution in [0.5, 0.6) is 17.2 Å². The van der Waals surface area contributed by atoms with E-state index in [0.717, 1.165) is 5.69 Å². The number of aromatic amines is 1. The van der Waals surface area contributed by atoms with Crippen molar-refractivity contribution in [2.45, 2.75) is 25.5 Å². The molecule has 160 valence electrons. The number of hydrogen-bond acceptors (Lipinski definition) is 7. The van der Waals surface area contributed by atoms with Gasteiger partial charge in [0.2, 0.25) is 11.7 Å². The lowest BCUT2D eigenvalue weighted by molar-refractivity contribution is -0.113. The first-order chi connectivity index (χ1) is 14.4. The van der Waals surface area contributed by atoms with Crippen molar-refractivity contribution in [2.75, 3.05) is 32.4 Å². The van der Waals surface area contributed by atoms with E-state index in [1.807, 2.05) is 19.9 Å². The van der Waals surface area contributed by atoms with E-state index >= 15 is 0 Å². The van der Waals surface area contributed by atoms with E-state index in [1.54, 1.807) is 16.7 Å². The molecule has 0 aliphatic rings. The molecule has 0 spiro atoms. The molecule has 9 nitrogen and oxygen atoms in total. The molecule has 0 unspecified atom stereocenters. The number of amides is 1. The zero-order valence-electron chi connectivity index (χ0n) is 17.5. The summed E-state index contributed by atoms with van der Waals surface area (Å²) in [6.45, 7) is 4.19. The van der Waals surface area contributed by atoms with Crippen LogP contribution in [-0.2, 0) is 11.3 Å². The zero-order chi connectivity index (χ0) is 21.8. The number of carbonyl (C=O) groups excluding carboxylic acids is 1. The molecule has 3 rings (SSSR count). The maximum absolute atomic E-state index is 12.7. The average molecular weight is 433 g/mol. The number of carbonyl (C=O) groups is 1. The third kappa shape index (κ3) is 4.23. The molecule has 1 amide bonds. The SMILES string of the molecule is CCn1c(SCC(=O)Nc2cc(OC)c(OC)c(OC)c2)nc2cc(C)[nH]c2c1=O. The van der Waals surface area contributed by atoms with Gasteiger partial charge in [0, 0.05) is 30.1 Å². The number of aromatic nitrogens is 3. The lowest BCUT2D eigenvalue weighted by Crippen LogP contribution is -2.23. The molecule has 0 bridgehead atoms. The van der Waals surface area contributed by atoms with E-state index in [-0.39, 0.29) is 17.2 Å². The summed E-state index contributed by atoms with van der Waals surface area (Å²) in [4.78, 5) is 32.8. The van der Waals surface area contributed by atoms with Crippen LogP contribution in [0.2, 0.25) is 0 Å². The quantitative estimate of drug-likeness (QED) is 0.416. The van der Waals surface area contributed by atoms with Crippen molar-refractivity contribution >= 4 is 34.4 Å². The number of aryl methyl sites for hydroxylation is 1. The maximum atomic E-state index is 12.7. The molecule has 0 aliphatic heterocycles. The number of methoxy groups -OCH3 is 3. The highest BCUT2D eigenvalue weighted by molar-refractivity contribution is 7.99. The topological polar surface area (TPSA) is 107 Å². The Morgan fingerprint density at radius 1 is 1.17 bits per heavy atom. The third-order valence-electron chi connectivity index (χ3n) is 4.43. The van der Waals surface area contributed by atoms with Crippen LogP contribution in [0.4, 0.5) is 5.69 Å². The fraction of sp³-hybridized carbons (Fsp3) is 0.350. The van der Waals surface area contributed by atoms with E-state index in [1.165, 1.54) is 33.1 Å². The van der Waals surface area contributed by atoms with Crippen molar-refractivity contribution in [3.8, 4) is 17.2 Å².